The Bertz CT molecular complexity index is 887. The lowest BCUT2D eigenvalue weighted by Gasteiger charge is -2.22. The highest BCUT2D eigenvalue weighted by atomic mass is 35.5. The SMILES string of the molecule is CCCC(C)(N)C(=O)NCc1ccc(Cn2cnc3ccccc32)cc1.Cl. The number of nitrogens with zero attached hydrogens (tertiary/aromatic N) is 2. The van der Waals surface area contributed by atoms with Crippen molar-refractivity contribution in [3.05, 3.63) is 66.0 Å². The van der Waals surface area contributed by atoms with E-state index in [1.165, 1.54) is 5.56 Å². The molecule has 2 aromatic carbocycles. The molecule has 5 nitrogen and oxygen atoms in total. The zero-order valence-corrected chi connectivity index (χ0v) is 16.6. The number of para-hydroxylation sites is 2. The summed E-state index contributed by atoms with van der Waals surface area (Å²) in [5.41, 5.74) is 9.63. The van der Waals surface area contributed by atoms with Gasteiger partial charge in [-0.05, 0) is 36.6 Å². The van der Waals surface area contributed by atoms with Crippen LogP contribution in [0.25, 0.3) is 11.0 Å². The van der Waals surface area contributed by atoms with E-state index in [-0.39, 0.29) is 18.3 Å². The number of fused-ring (bicyclic) bond motifs is 1. The Morgan fingerprint density at radius 2 is 1.81 bits per heavy atom. The fraction of sp³-hybridized carbons (Fsp3) is 0.333. The van der Waals surface area contributed by atoms with Crippen LogP contribution in [0.15, 0.2) is 54.9 Å². The molecule has 1 heterocycles. The molecule has 3 rings (SSSR count). The Kier molecular flexibility index (Phi) is 6.99. The number of imidazole rings is 1. The summed E-state index contributed by atoms with van der Waals surface area (Å²) >= 11 is 0. The number of hydrogen-bond acceptors (Lipinski definition) is 3. The van der Waals surface area contributed by atoms with E-state index in [9.17, 15) is 4.79 Å². The van der Waals surface area contributed by atoms with Gasteiger partial charge in [0.05, 0.1) is 22.9 Å². The van der Waals surface area contributed by atoms with Gasteiger partial charge in [0.15, 0.2) is 0 Å². The first-order chi connectivity index (χ1) is 12.5. The predicted octanol–water partition coefficient (Wildman–Crippen LogP) is 3.64. The molecule has 144 valence electrons. The van der Waals surface area contributed by atoms with E-state index >= 15 is 0 Å². The molecule has 0 saturated carbocycles. The first kappa shape index (κ1) is 20.9. The average Bonchev–Trinajstić information content (AvgIpc) is 3.04. The summed E-state index contributed by atoms with van der Waals surface area (Å²) in [6.45, 7) is 5.07. The molecule has 0 spiro atoms. The topological polar surface area (TPSA) is 72.9 Å². The Hall–Kier alpha value is -2.37. The molecule has 0 fully saturated rings. The normalized spacial score (nSPS) is 13.0. The van der Waals surface area contributed by atoms with Gasteiger partial charge in [-0.1, -0.05) is 49.7 Å². The van der Waals surface area contributed by atoms with Crippen molar-refractivity contribution in [2.75, 3.05) is 0 Å². The maximum atomic E-state index is 12.2. The van der Waals surface area contributed by atoms with Crippen LogP contribution >= 0.6 is 12.4 Å². The molecule has 1 amide bonds. The van der Waals surface area contributed by atoms with Crippen molar-refractivity contribution in [3.63, 3.8) is 0 Å². The second kappa shape index (κ2) is 9.02. The third-order valence-electron chi connectivity index (χ3n) is 4.64. The first-order valence-electron chi connectivity index (χ1n) is 9.04. The Morgan fingerprint density at radius 3 is 2.52 bits per heavy atom. The maximum absolute atomic E-state index is 12.2. The minimum absolute atomic E-state index is 0. The van der Waals surface area contributed by atoms with E-state index in [2.05, 4.69) is 33.1 Å². The second-order valence-corrected chi connectivity index (χ2v) is 7.03. The number of halogens is 1. The van der Waals surface area contributed by atoms with Crippen LogP contribution in [0.2, 0.25) is 0 Å². The van der Waals surface area contributed by atoms with Crippen molar-refractivity contribution in [1.29, 1.82) is 0 Å². The first-order valence-corrected chi connectivity index (χ1v) is 9.04. The molecule has 1 aromatic heterocycles. The number of carbonyl (C=O) groups excluding carboxylic acids is 1. The zero-order chi connectivity index (χ0) is 18.6. The van der Waals surface area contributed by atoms with Gasteiger partial charge in [0.1, 0.15) is 0 Å². The van der Waals surface area contributed by atoms with Crippen LogP contribution in [-0.4, -0.2) is 21.0 Å². The summed E-state index contributed by atoms with van der Waals surface area (Å²) in [4.78, 5) is 16.6. The molecule has 1 unspecified atom stereocenters. The molecule has 0 bridgehead atoms. The highest BCUT2D eigenvalue weighted by molar-refractivity contribution is 5.85. The summed E-state index contributed by atoms with van der Waals surface area (Å²) in [6.07, 6.45) is 3.43. The predicted molar refractivity (Wildman–Crippen MR) is 112 cm³/mol. The summed E-state index contributed by atoms with van der Waals surface area (Å²) in [5, 5.41) is 2.93. The van der Waals surface area contributed by atoms with Crippen molar-refractivity contribution in [1.82, 2.24) is 14.9 Å². The van der Waals surface area contributed by atoms with Crippen LogP contribution in [-0.2, 0) is 17.9 Å². The van der Waals surface area contributed by atoms with Crippen molar-refractivity contribution in [3.8, 4) is 0 Å². The molecular weight excluding hydrogens is 360 g/mol. The van der Waals surface area contributed by atoms with E-state index in [0.717, 1.165) is 29.6 Å². The molecule has 27 heavy (non-hydrogen) atoms. The molecule has 3 N–H and O–H groups in total. The smallest absolute Gasteiger partial charge is 0.240 e. The van der Waals surface area contributed by atoms with Gasteiger partial charge in [-0.2, -0.15) is 0 Å². The highest BCUT2D eigenvalue weighted by Gasteiger charge is 2.26. The lowest BCUT2D eigenvalue weighted by Crippen LogP contribution is -2.51. The van der Waals surface area contributed by atoms with E-state index in [1.807, 2.05) is 43.6 Å². The fourth-order valence-corrected chi connectivity index (χ4v) is 3.11. The van der Waals surface area contributed by atoms with Crippen molar-refractivity contribution >= 4 is 29.3 Å². The number of nitrogens with one attached hydrogen (secondary N) is 1. The van der Waals surface area contributed by atoms with Gasteiger partial charge < -0.3 is 15.6 Å². The number of amides is 1. The molecule has 0 radical (unpaired) electrons. The number of aromatic nitrogens is 2. The van der Waals surface area contributed by atoms with E-state index in [4.69, 9.17) is 5.73 Å². The van der Waals surface area contributed by atoms with Crippen LogP contribution in [0.3, 0.4) is 0 Å². The molecule has 6 heteroatoms. The monoisotopic (exact) mass is 386 g/mol. The van der Waals surface area contributed by atoms with Gasteiger partial charge in [-0.25, -0.2) is 4.98 Å². The number of carbonyl (C=O) groups is 1. The largest absolute Gasteiger partial charge is 0.350 e. The van der Waals surface area contributed by atoms with Crippen molar-refractivity contribution < 1.29 is 4.79 Å². The summed E-state index contributed by atoms with van der Waals surface area (Å²) in [5.74, 6) is -0.103. The number of benzene rings is 2. The standard InChI is InChI=1S/C21H26N4O.ClH/c1-3-12-21(2,22)20(26)23-13-16-8-10-17(11-9-16)14-25-15-24-18-6-4-5-7-19(18)25;/h4-11,15H,3,12-14,22H2,1-2H3,(H,23,26);1H. The number of nitrogens with two attached hydrogens (primary N) is 1. The number of rotatable bonds is 7. The minimum atomic E-state index is -0.808. The third kappa shape index (κ3) is 5.08. The maximum Gasteiger partial charge on any atom is 0.240 e. The van der Waals surface area contributed by atoms with Gasteiger partial charge in [-0.15, -0.1) is 12.4 Å². The second-order valence-electron chi connectivity index (χ2n) is 7.03. The van der Waals surface area contributed by atoms with Gasteiger partial charge in [0.2, 0.25) is 5.91 Å². The Balaban J connectivity index is 0.00000261. The van der Waals surface area contributed by atoms with Gasteiger partial charge in [-0.3, -0.25) is 4.79 Å². The van der Waals surface area contributed by atoms with Crippen LogP contribution in [0.4, 0.5) is 0 Å². The van der Waals surface area contributed by atoms with Gasteiger partial charge in [0, 0.05) is 13.1 Å². The Morgan fingerprint density at radius 1 is 1.15 bits per heavy atom. The van der Waals surface area contributed by atoms with E-state index in [1.54, 1.807) is 6.92 Å². The van der Waals surface area contributed by atoms with Gasteiger partial charge >= 0.3 is 0 Å². The minimum Gasteiger partial charge on any atom is -0.350 e. The Labute approximate surface area is 166 Å². The van der Waals surface area contributed by atoms with Crippen LogP contribution in [0.1, 0.15) is 37.8 Å². The lowest BCUT2D eigenvalue weighted by molar-refractivity contribution is -0.126. The quantitative estimate of drug-likeness (QED) is 0.651. The van der Waals surface area contributed by atoms with Crippen LogP contribution < -0.4 is 11.1 Å². The highest BCUT2D eigenvalue weighted by Crippen LogP contribution is 2.15. The van der Waals surface area contributed by atoms with Crippen molar-refractivity contribution in [2.45, 2.75) is 45.3 Å². The number of hydrogen-bond donors (Lipinski definition) is 2. The molecule has 1 atom stereocenters. The zero-order valence-electron chi connectivity index (χ0n) is 15.8. The molecule has 0 saturated heterocycles. The molecule has 3 aromatic rings. The fourth-order valence-electron chi connectivity index (χ4n) is 3.11. The van der Waals surface area contributed by atoms with E-state index < -0.39 is 5.54 Å². The molecular formula is C21H27ClN4O. The summed E-state index contributed by atoms with van der Waals surface area (Å²) < 4.78 is 2.14. The summed E-state index contributed by atoms with van der Waals surface area (Å²) in [7, 11) is 0. The molecule has 0 aliphatic carbocycles. The van der Waals surface area contributed by atoms with Gasteiger partial charge in [0.25, 0.3) is 0 Å². The average molecular weight is 387 g/mol. The molecule has 0 aliphatic rings. The summed E-state index contributed by atoms with van der Waals surface area (Å²) in [6, 6.07) is 16.4. The van der Waals surface area contributed by atoms with E-state index in [0.29, 0.717) is 13.0 Å². The third-order valence-corrected chi connectivity index (χ3v) is 4.64. The van der Waals surface area contributed by atoms with Crippen molar-refractivity contribution in [2.24, 2.45) is 5.73 Å². The van der Waals surface area contributed by atoms with Crippen LogP contribution in [0, 0.1) is 0 Å². The van der Waals surface area contributed by atoms with Crippen LogP contribution in [0.5, 0.6) is 0 Å². The molecule has 0 aliphatic heterocycles. The lowest BCUT2D eigenvalue weighted by atomic mass is 9.96.